The Hall–Kier alpha value is -3.69. The zero-order valence-electron chi connectivity index (χ0n) is 19.5. The zero-order valence-corrected chi connectivity index (χ0v) is 20.3. The van der Waals surface area contributed by atoms with Gasteiger partial charge in [-0.25, -0.2) is 4.90 Å². The fraction of sp³-hybridized carbons (Fsp3) is 0.296. The van der Waals surface area contributed by atoms with Gasteiger partial charge in [0.25, 0.3) is 0 Å². The molecule has 0 aliphatic carbocycles. The van der Waals surface area contributed by atoms with E-state index in [4.69, 9.17) is 14.2 Å². The number of benzene rings is 2. The summed E-state index contributed by atoms with van der Waals surface area (Å²) in [6.07, 6.45) is 0.206. The molecule has 184 valence electrons. The second-order valence-electron chi connectivity index (χ2n) is 9.11. The molecule has 1 N–H and O–H groups in total. The molecule has 0 bridgehead atoms. The Morgan fingerprint density at radius 3 is 2.56 bits per heavy atom. The van der Waals surface area contributed by atoms with Crippen LogP contribution < -0.4 is 19.7 Å². The third-order valence-electron chi connectivity index (χ3n) is 7.16. The number of nitrogens with zero attached hydrogens (tertiary/aromatic N) is 1. The number of thiophene rings is 1. The number of nitrogens with one attached hydrogen (secondary N) is 1. The fourth-order valence-electron chi connectivity index (χ4n) is 5.66. The van der Waals surface area contributed by atoms with Crippen molar-refractivity contribution in [3.63, 3.8) is 0 Å². The highest BCUT2D eigenvalue weighted by atomic mass is 32.1. The second-order valence-corrected chi connectivity index (χ2v) is 10.1. The Labute approximate surface area is 211 Å². The molecule has 0 saturated carbocycles. The van der Waals surface area contributed by atoms with Crippen LogP contribution in [0.1, 0.15) is 16.5 Å². The lowest BCUT2D eigenvalue weighted by molar-refractivity contribution is -0.152. The van der Waals surface area contributed by atoms with Crippen molar-refractivity contribution in [2.24, 2.45) is 11.8 Å². The van der Waals surface area contributed by atoms with Gasteiger partial charge < -0.3 is 14.2 Å². The van der Waals surface area contributed by atoms with Gasteiger partial charge in [0, 0.05) is 17.4 Å². The largest absolute Gasteiger partial charge is 0.486 e. The van der Waals surface area contributed by atoms with Crippen LogP contribution in [-0.2, 0) is 25.5 Å². The minimum Gasteiger partial charge on any atom is -0.486 e. The van der Waals surface area contributed by atoms with E-state index in [1.807, 2.05) is 47.8 Å². The first-order chi connectivity index (χ1) is 17.5. The van der Waals surface area contributed by atoms with Gasteiger partial charge in [-0.05, 0) is 29.1 Å². The summed E-state index contributed by atoms with van der Waals surface area (Å²) in [5, 5.41) is 5.33. The molecule has 2 aromatic carbocycles. The summed E-state index contributed by atoms with van der Waals surface area (Å²) < 4.78 is 16.5. The van der Waals surface area contributed by atoms with Crippen LogP contribution in [-0.4, -0.2) is 43.6 Å². The lowest BCUT2D eigenvalue weighted by Gasteiger charge is -2.32. The Morgan fingerprint density at radius 2 is 1.83 bits per heavy atom. The predicted molar refractivity (Wildman–Crippen MR) is 132 cm³/mol. The van der Waals surface area contributed by atoms with Crippen molar-refractivity contribution >= 4 is 34.8 Å². The quantitative estimate of drug-likeness (QED) is 0.422. The molecule has 4 atom stereocenters. The molecule has 2 amide bonds. The van der Waals surface area contributed by atoms with Crippen LogP contribution in [0.5, 0.6) is 11.5 Å². The summed E-state index contributed by atoms with van der Waals surface area (Å²) in [4.78, 5) is 43.6. The number of esters is 1. The van der Waals surface area contributed by atoms with Crippen molar-refractivity contribution in [3.8, 4) is 11.5 Å². The third-order valence-corrected chi connectivity index (χ3v) is 8.12. The number of amides is 2. The summed E-state index contributed by atoms with van der Waals surface area (Å²) in [5.41, 5.74) is -0.156. The van der Waals surface area contributed by atoms with E-state index in [1.54, 1.807) is 18.2 Å². The van der Waals surface area contributed by atoms with Gasteiger partial charge in [0.05, 0.1) is 30.7 Å². The monoisotopic (exact) mass is 504 g/mol. The molecule has 1 aromatic heterocycles. The van der Waals surface area contributed by atoms with E-state index in [9.17, 15) is 14.4 Å². The molecule has 0 spiro atoms. The van der Waals surface area contributed by atoms with Crippen molar-refractivity contribution in [1.82, 2.24) is 5.32 Å². The predicted octanol–water partition coefficient (Wildman–Crippen LogP) is 3.12. The average molecular weight is 505 g/mol. The number of methoxy groups -OCH3 is 1. The Bertz CT molecular complexity index is 1330. The van der Waals surface area contributed by atoms with Gasteiger partial charge in [-0.3, -0.25) is 19.7 Å². The molecular weight excluding hydrogens is 480 g/mol. The highest BCUT2D eigenvalue weighted by molar-refractivity contribution is 7.10. The molecule has 0 radical (unpaired) electrons. The Balaban J connectivity index is 1.47. The summed E-state index contributed by atoms with van der Waals surface area (Å²) in [6, 6.07) is 17.8. The first-order valence-corrected chi connectivity index (χ1v) is 12.6. The number of fused-ring (bicyclic) bond motifs is 2. The van der Waals surface area contributed by atoms with Crippen LogP contribution in [0.25, 0.3) is 0 Å². The second kappa shape index (κ2) is 8.76. The molecule has 36 heavy (non-hydrogen) atoms. The van der Waals surface area contributed by atoms with E-state index in [-0.39, 0.29) is 12.3 Å². The molecule has 4 heterocycles. The lowest BCUT2D eigenvalue weighted by atomic mass is 9.76. The summed E-state index contributed by atoms with van der Waals surface area (Å²) >= 11 is 1.48. The standard InChI is InChI=1S/C27H24N2O6S/c1-33-26(32)27(15-16-6-3-2-4-7-16)22-21(23(28-27)20-8-5-13-36-20)24(30)29(25(22)31)17-9-10-18-19(14-17)35-12-11-34-18/h2-10,13-14,21-23,28H,11-12,15H2,1H3/t21-,22+,23-,27-/m1/s1. The lowest BCUT2D eigenvalue weighted by Crippen LogP contribution is -2.57. The SMILES string of the molecule is COC(=O)[C@]1(Cc2ccccc2)N[C@H](c2cccs2)[C@@H]2C(=O)N(c3ccc4c(c3)OCCO4)C(=O)[C@H]21. The maximum Gasteiger partial charge on any atom is 0.327 e. The van der Waals surface area contributed by atoms with E-state index in [0.717, 1.165) is 10.4 Å². The van der Waals surface area contributed by atoms with Crippen molar-refractivity contribution < 1.29 is 28.6 Å². The molecule has 6 rings (SSSR count). The summed E-state index contributed by atoms with van der Waals surface area (Å²) in [5.74, 6) is -2.03. The molecule has 3 aliphatic rings. The van der Waals surface area contributed by atoms with Crippen molar-refractivity contribution in [2.75, 3.05) is 25.2 Å². The van der Waals surface area contributed by atoms with Crippen LogP contribution in [0.4, 0.5) is 5.69 Å². The minimum atomic E-state index is -1.41. The molecular formula is C27H24N2O6S. The zero-order chi connectivity index (χ0) is 24.9. The number of carbonyl (C=O) groups is 3. The molecule has 2 fully saturated rings. The van der Waals surface area contributed by atoms with Gasteiger partial charge in [0.15, 0.2) is 11.5 Å². The molecule has 8 nitrogen and oxygen atoms in total. The van der Waals surface area contributed by atoms with Gasteiger partial charge >= 0.3 is 5.97 Å². The van der Waals surface area contributed by atoms with Gasteiger partial charge in [0.1, 0.15) is 18.8 Å². The van der Waals surface area contributed by atoms with E-state index in [0.29, 0.717) is 30.4 Å². The first kappa shape index (κ1) is 22.8. The van der Waals surface area contributed by atoms with Crippen molar-refractivity contribution in [3.05, 3.63) is 76.5 Å². The van der Waals surface area contributed by atoms with E-state index in [2.05, 4.69) is 5.32 Å². The van der Waals surface area contributed by atoms with Crippen LogP contribution in [0.3, 0.4) is 0 Å². The number of imide groups is 1. The first-order valence-electron chi connectivity index (χ1n) is 11.7. The number of hydrogen-bond donors (Lipinski definition) is 1. The highest BCUT2D eigenvalue weighted by Gasteiger charge is 2.69. The number of carbonyl (C=O) groups excluding carboxylic acids is 3. The maximum atomic E-state index is 14.1. The Morgan fingerprint density at radius 1 is 1.06 bits per heavy atom. The summed E-state index contributed by atoms with van der Waals surface area (Å²) in [6.45, 7) is 0.823. The van der Waals surface area contributed by atoms with Gasteiger partial charge in [0.2, 0.25) is 11.8 Å². The number of rotatable bonds is 5. The van der Waals surface area contributed by atoms with Gasteiger partial charge in [-0.15, -0.1) is 11.3 Å². The number of anilines is 1. The fourth-order valence-corrected chi connectivity index (χ4v) is 6.49. The molecule has 0 unspecified atom stereocenters. The van der Waals surface area contributed by atoms with Crippen LogP contribution >= 0.6 is 11.3 Å². The average Bonchev–Trinajstić information content (AvgIpc) is 3.61. The van der Waals surface area contributed by atoms with Crippen LogP contribution in [0.15, 0.2) is 66.0 Å². The van der Waals surface area contributed by atoms with E-state index in [1.165, 1.54) is 23.3 Å². The van der Waals surface area contributed by atoms with Crippen LogP contribution in [0, 0.1) is 11.8 Å². The minimum absolute atomic E-state index is 0.206. The van der Waals surface area contributed by atoms with Crippen LogP contribution in [0.2, 0.25) is 0 Å². The number of hydrogen-bond acceptors (Lipinski definition) is 8. The van der Waals surface area contributed by atoms with Gasteiger partial charge in [-0.2, -0.15) is 0 Å². The molecule has 9 heteroatoms. The maximum absolute atomic E-state index is 14.1. The topological polar surface area (TPSA) is 94.2 Å². The van der Waals surface area contributed by atoms with Gasteiger partial charge in [-0.1, -0.05) is 36.4 Å². The normalized spacial score (nSPS) is 26.7. The summed E-state index contributed by atoms with van der Waals surface area (Å²) in [7, 11) is 1.31. The number of ether oxygens (including phenoxy) is 3. The Kier molecular flexibility index (Phi) is 5.54. The smallest absolute Gasteiger partial charge is 0.327 e. The highest BCUT2D eigenvalue weighted by Crippen LogP contribution is 2.52. The molecule has 3 aromatic rings. The van der Waals surface area contributed by atoms with E-state index < -0.39 is 35.3 Å². The van der Waals surface area contributed by atoms with E-state index >= 15 is 0 Å². The molecule has 2 saturated heterocycles. The van der Waals surface area contributed by atoms with Crippen molar-refractivity contribution in [1.29, 1.82) is 0 Å². The molecule has 3 aliphatic heterocycles. The van der Waals surface area contributed by atoms with Crippen molar-refractivity contribution in [2.45, 2.75) is 18.0 Å². The third kappa shape index (κ3) is 3.42.